The normalized spacial score (nSPS) is 20.5. The second-order valence-electron chi connectivity index (χ2n) is 5.01. The van der Waals surface area contributed by atoms with Gasteiger partial charge in [-0.15, -0.1) is 0 Å². The van der Waals surface area contributed by atoms with Crippen LogP contribution in [0.1, 0.15) is 24.1 Å². The van der Waals surface area contributed by atoms with E-state index in [4.69, 9.17) is 16.1 Å². The van der Waals surface area contributed by atoms with Crippen LogP contribution in [0.3, 0.4) is 0 Å². The zero-order valence-corrected chi connectivity index (χ0v) is 12.7. The van der Waals surface area contributed by atoms with E-state index in [1.807, 2.05) is 12.1 Å². The highest BCUT2D eigenvalue weighted by molar-refractivity contribution is 7.91. The smallest absolute Gasteiger partial charge is 0.245 e. The minimum absolute atomic E-state index is 0.105. The maximum atomic E-state index is 11.5. The summed E-state index contributed by atoms with van der Waals surface area (Å²) < 4.78 is 28.1. The summed E-state index contributed by atoms with van der Waals surface area (Å²) in [5, 5.41) is 7.64. The maximum absolute atomic E-state index is 11.5. The van der Waals surface area contributed by atoms with Crippen LogP contribution in [-0.2, 0) is 16.4 Å². The van der Waals surface area contributed by atoms with Crippen molar-refractivity contribution in [3.05, 3.63) is 41.0 Å². The SMILES string of the molecule is O=S1(=O)CCC(c2noc(CNc3cccc(Cl)c3)n2)C1. The van der Waals surface area contributed by atoms with Crippen LogP contribution in [0.25, 0.3) is 0 Å². The second-order valence-corrected chi connectivity index (χ2v) is 7.68. The molecule has 1 N–H and O–H groups in total. The number of rotatable bonds is 4. The number of anilines is 1. The van der Waals surface area contributed by atoms with Crippen LogP contribution in [-0.4, -0.2) is 30.1 Å². The minimum Gasteiger partial charge on any atom is -0.376 e. The van der Waals surface area contributed by atoms with Crippen LogP contribution in [0.5, 0.6) is 0 Å². The molecule has 0 saturated carbocycles. The van der Waals surface area contributed by atoms with Crippen LogP contribution in [0.2, 0.25) is 5.02 Å². The van der Waals surface area contributed by atoms with E-state index in [1.54, 1.807) is 12.1 Å². The summed E-state index contributed by atoms with van der Waals surface area (Å²) >= 11 is 5.90. The molecule has 8 heteroatoms. The Morgan fingerprint density at radius 1 is 1.43 bits per heavy atom. The quantitative estimate of drug-likeness (QED) is 0.927. The van der Waals surface area contributed by atoms with E-state index in [0.717, 1.165) is 5.69 Å². The number of nitrogens with zero attached hydrogens (tertiary/aromatic N) is 2. The second kappa shape index (κ2) is 5.65. The van der Waals surface area contributed by atoms with Gasteiger partial charge in [-0.2, -0.15) is 4.98 Å². The number of aromatic nitrogens is 2. The van der Waals surface area contributed by atoms with Crippen LogP contribution < -0.4 is 5.32 Å². The van der Waals surface area contributed by atoms with Crippen molar-refractivity contribution in [3.63, 3.8) is 0 Å². The van der Waals surface area contributed by atoms with Gasteiger partial charge in [0.25, 0.3) is 0 Å². The molecule has 1 unspecified atom stereocenters. The molecule has 0 bridgehead atoms. The molecular formula is C13H14ClN3O3S. The zero-order valence-electron chi connectivity index (χ0n) is 11.1. The van der Waals surface area contributed by atoms with E-state index in [1.165, 1.54) is 0 Å². The monoisotopic (exact) mass is 327 g/mol. The molecule has 112 valence electrons. The van der Waals surface area contributed by atoms with Gasteiger partial charge in [0.15, 0.2) is 15.7 Å². The molecule has 1 aromatic carbocycles. The van der Waals surface area contributed by atoms with Crippen LogP contribution in [0.4, 0.5) is 5.69 Å². The molecule has 0 aliphatic carbocycles. The van der Waals surface area contributed by atoms with E-state index in [-0.39, 0.29) is 17.4 Å². The predicted octanol–water partition coefficient (Wildman–Crippen LogP) is 2.24. The summed E-state index contributed by atoms with van der Waals surface area (Å²) in [5.41, 5.74) is 0.852. The van der Waals surface area contributed by atoms with Gasteiger partial charge in [-0.05, 0) is 24.6 Å². The Bertz CT molecular complexity index is 745. The third kappa shape index (κ3) is 3.54. The molecule has 3 rings (SSSR count). The Hall–Kier alpha value is -1.60. The average Bonchev–Trinajstić information content (AvgIpc) is 3.03. The maximum Gasteiger partial charge on any atom is 0.245 e. The lowest BCUT2D eigenvalue weighted by atomic mass is 10.1. The van der Waals surface area contributed by atoms with Crippen molar-refractivity contribution in [2.75, 3.05) is 16.8 Å². The highest BCUT2D eigenvalue weighted by Gasteiger charge is 2.32. The van der Waals surface area contributed by atoms with Crippen LogP contribution in [0.15, 0.2) is 28.8 Å². The minimum atomic E-state index is -2.95. The van der Waals surface area contributed by atoms with Gasteiger partial charge < -0.3 is 9.84 Å². The summed E-state index contributed by atoms with van der Waals surface area (Å²) in [5.74, 6) is 1.04. The first-order chi connectivity index (χ1) is 10.0. The third-order valence-electron chi connectivity index (χ3n) is 3.35. The molecule has 2 heterocycles. The molecule has 1 atom stereocenters. The topological polar surface area (TPSA) is 85.1 Å². The summed E-state index contributed by atoms with van der Waals surface area (Å²) in [7, 11) is -2.95. The van der Waals surface area contributed by atoms with Crippen molar-refractivity contribution in [1.29, 1.82) is 0 Å². The van der Waals surface area contributed by atoms with Crippen molar-refractivity contribution >= 4 is 27.1 Å². The lowest BCUT2D eigenvalue weighted by Crippen LogP contribution is -2.05. The summed E-state index contributed by atoms with van der Waals surface area (Å²) in [4.78, 5) is 4.26. The molecule has 0 amide bonds. The van der Waals surface area contributed by atoms with Crippen LogP contribution in [0, 0.1) is 0 Å². The molecule has 0 radical (unpaired) electrons. The van der Waals surface area contributed by atoms with Gasteiger partial charge in [0.2, 0.25) is 5.89 Å². The van der Waals surface area contributed by atoms with E-state index < -0.39 is 9.84 Å². The number of hydrogen-bond acceptors (Lipinski definition) is 6. The van der Waals surface area contributed by atoms with E-state index in [9.17, 15) is 8.42 Å². The number of halogens is 1. The van der Waals surface area contributed by atoms with Gasteiger partial charge in [-0.25, -0.2) is 8.42 Å². The molecule has 1 aliphatic heterocycles. The molecule has 6 nitrogen and oxygen atoms in total. The molecule has 0 spiro atoms. The number of hydrogen-bond donors (Lipinski definition) is 1. The highest BCUT2D eigenvalue weighted by Crippen LogP contribution is 2.26. The van der Waals surface area contributed by atoms with Crippen molar-refractivity contribution in [1.82, 2.24) is 10.1 Å². The third-order valence-corrected chi connectivity index (χ3v) is 5.35. The van der Waals surface area contributed by atoms with E-state index in [0.29, 0.717) is 29.7 Å². The Morgan fingerprint density at radius 3 is 3.00 bits per heavy atom. The number of sulfone groups is 1. The summed E-state index contributed by atoms with van der Waals surface area (Å²) in [6.45, 7) is 0.368. The first kappa shape index (κ1) is 14.3. The van der Waals surface area contributed by atoms with Crippen molar-refractivity contribution in [2.45, 2.75) is 18.9 Å². The number of benzene rings is 1. The van der Waals surface area contributed by atoms with Gasteiger partial charge in [0, 0.05) is 16.6 Å². The fourth-order valence-corrected chi connectivity index (χ4v) is 4.21. The van der Waals surface area contributed by atoms with Gasteiger partial charge >= 0.3 is 0 Å². The Morgan fingerprint density at radius 2 is 2.29 bits per heavy atom. The van der Waals surface area contributed by atoms with Crippen LogP contribution >= 0.6 is 11.6 Å². The highest BCUT2D eigenvalue weighted by atomic mass is 35.5. The molecule has 2 aromatic rings. The lowest BCUT2D eigenvalue weighted by molar-refractivity contribution is 0.375. The fourth-order valence-electron chi connectivity index (χ4n) is 2.28. The first-order valence-corrected chi connectivity index (χ1v) is 8.74. The Kier molecular flexibility index (Phi) is 3.86. The standard InChI is InChI=1S/C13H14ClN3O3S/c14-10-2-1-3-11(6-10)15-7-12-16-13(17-20-12)9-4-5-21(18,19)8-9/h1-3,6,9,15H,4-5,7-8H2. The molecule has 1 fully saturated rings. The first-order valence-electron chi connectivity index (χ1n) is 6.54. The molecule has 1 aromatic heterocycles. The predicted molar refractivity (Wildman–Crippen MR) is 79.1 cm³/mol. The fraction of sp³-hybridized carbons (Fsp3) is 0.385. The molecule has 21 heavy (non-hydrogen) atoms. The van der Waals surface area contributed by atoms with Crippen molar-refractivity contribution < 1.29 is 12.9 Å². The summed E-state index contributed by atoms with van der Waals surface area (Å²) in [6, 6.07) is 7.31. The Balaban J connectivity index is 1.63. The van der Waals surface area contributed by atoms with Gasteiger partial charge in [0.1, 0.15) is 0 Å². The van der Waals surface area contributed by atoms with Gasteiger partial charge in [-0.1, -0.05) is 22.8 Å². The largest absolute Gasteiger partial charge is 0.376 e. The molecule has 1 saturated heterocycles. The van der Waals surface area contributed by atoms with Gasteiger partial charge in [0.05, 0.1) is 18.1 Å². The van der Waals surface area contributed by atoms with E-state index >= 15 is 0 Å². The average molecular weight is 328 g/mol. The molecule has 1 aliphatic rings. The summed E-state index contributed by atoms with van der Waals surface area (Å²) in [6.07, 6.45) is 0.559. The van der Waals surface area contributed by atoms with Crippen molar-refractivity contribution in [2.24, 2.45) is 0 Å². The number of nitrogens with one attached hydrogen (secondary N) is 1. The Labute approximate surface area is 127 Å². The zero-order chi connectivity index (χ0) is 14.9. The molecular weight excluding hydrogens is 314 g/mol. The van der Waals surface area contributed by atoms with E-state index in [2.05, 4.69) is 15.5 Å². The van der Waals surface area contributed by atoms with Gasteiger partial charge in [-0.3, -0.25) is 0 Å². The van der Waals surface area contributed by atoms with Crippen molar-refractivity contribution in [3.8, 4) is 0 Å². The lowest BCUT2D eigenvalue weighted by Gasteiger charge is -2.03.